The van der Waals surface area contributed by atoms with Crippen LogP contribution in [0.4, 0.5) is 0 Å². The molecule has 1 fully saturated rings. The number of hydrogen-bond acceptors (Lipinski definition) is 5. The molecular formula is C22H21N3O3. The van der Waals surface area contributed by atoms with E-state index in [0.717, 1.165) is 30.7 Å². The number of nitrogens with one attached hydrogen (secondary N) is 1. The van der Waals surface area contributed by atoms with E-state index in [1.807, 2.05) is 30.3 Å². The van der Waals surface area contributed by atoms with Crippen LogP contribution < -0.4 is 10.1 Å². The van der Waals surface area contributed by atoms with E-state index in [-0.39, 0.29) is 12.0 Å². The van der Waals surface area contributed by atoms with E-state index < -0.39 is 0 Å². The molecular weight excluding hydrogens is 354 g/mol. The fourth-order valence-corrected chi connectivity index (χ4v) is 3.10. The van der Waals surface area contributed by atoms with Crippen LogP contribution in [0.15, 0.2) is 67.0 Å². The molecule has 1 unspecified atom stereocenters. The maximum atomic E-state index is 12.4. The van der Waals surface area contributed by atoms with Crippen molar-refractivity contribution in [3.8, 4) is 22.9 Å². The number of amides is 1. The predicted octanol–water partition coefficient (Wildman–Crippen LogP) is 3.84. The number of hydrogen-bond donors (Lipinski definition) is 1. The molecule has 3 aromatic rings. The van der Waals surface area contributed by atoms with Crippen molar-refractivity contribution >= 4 is 5.91 Å². The van der Waals surface area contributed by atoms with Gasteiger partial charge in [-0.25, -0.2) is 9.97 Å². The third-order valence-corrected chi connectivity index (χ3v) is 4.54. The Kier molecular flexibility index (Phi) is 5.58. The summed E-state index contributed by atoms with van der Waals surface area (Å²) in [6.07, 6.45) is 3.62. The molecule has 1 aliphatic rings. The van der Waals surface area contributed by atoms with Gasteiger partial charge >= 0.3 is 0 Å². The standard InChI is InChI=1S/C22H21N3O3/c26-22(23-14-19-10-5-11-27-19)17-8-4-9-18(12-17)28-21-13-20(24-15-25-21)16-6-2-1-3-7-16/h1-4,6-9,12-13,15,19H,5,10-11,14H2,(H,23,26). The van der Waals surface area contributed by atoms with Crippen molar-refractivity contribution in [1.82, 2.24) is 15.3 Å². The molecule has 2 aromatic carbocycles. The van der Waals surface area contributed by atoms with Gasteiger partial charge in [-0.1, -0.05) is 36.4 Å². The van der Waals surface area contributed by atoms with Crippen molar-refractivity contribution < 1.29 is 14.3 Å². The first kappa shape index (κ1) is 18.1. The van der Waals surface area contributed by atoms with Gasteiger partial charge in [-0.3, -0.25) is 4.79 Å². The van der Waals surface area contributed by atoms with E-state index in [4.69, 9.17) is 9.47 Å². The normalized spacial score (nSPS) is 15.9. The van der Waals surface area contributed by atoms with Crippen LogP contribution in [0.25, 0.3) is 11.3 Å². The molecule has 142 valence electrons. The Morgan fingerprint density at radius 2 is 2.00 bits per heavy atom. The van der Waals surface area contributed by atoms with Gasteiger partial charge in [0.05, 0.1) is 11.8 Å². The third kappa shape index (κ3) is 4.53. The Labute approximate surface area is 163 Å². The molecule has 1 amide bonds. The van der Waals surface area contributed by atoms with Gasteiger partial charge in [-0.15, -0.1) is 0 Å². The summed E-state index contributed by atoms with van der Waals surface area (Å²) in [6.45, 7) is 1.30. The zero-order chi connectivity index (χ0) is 19.2. The Balaban J connectivity index is 1.44. The first-order valence-electron chi connectivity index (χ1n) is 9.33. The van der Waals surface area contributed by atoms with Crippen LogP contribution in [0.2, 0.25) is 0 Å². The van der Waals surface area contributed by atoms with Crippen molar-refractivity contribution in [3.63, 3.8) is 0 Å². The minimum atomic E-state index is -0.145. The van der Waals surface area contributed by atoms with Crippen LogP contribution in [0.5, 0.6) is 11.6 Å². The van der Waals surface area contributed by atoms with Crippen molar-refractivity contribution in [2.24, 2.45) is 0 Å². The summed E-state index contributed by atoms with van der Waals surface area (Å²) >= 11 is 0. The molecule has 2 heterocycles. The lowest BCUT2D eigenvalue weighted by Gasteiger charge is -2.11. The van der Waals surface area contributed by atoms with Crippen molar-refractivity contribution in [3.05, 3.63) is 72.6 Å². The van der Waals surface area contributed by atoms with E-state index in [0.29, 0.717) is 23.7 Å². The van der Waals surface area contributed by atoms with Crippen LogP contribution in [0, 0.1) is 0 Å². The molecule has 0 spiro atoms. The molecule has 0 saturated carbocycles. The Bertz CT molecular complexity index is 941. The van der Waals surface area contributed by atoms with E-state index in [2.05, 4.69) is 15.3 Å². The second-order valence-corrected chi connectivity index (χ2v) is 6.58. The maximum Gasteiger partial charge on any atom is 0.251 e. The summed E-state index contributed by atoms with van der Waals surface area (Å²) < 4.78 is 11.4. The molecule has 28 heavy (non-hydrogen) atoms. The number of carbonyl (C=O) groups is 1. The maximum absolute atomic E-state index is 12.4. The molecule has 4 rings (SSSR count). The largest absolute Gasteiger partial charge is 0.439 e. The topological polar surface area (TPSA) is 73.3 Å². The lowest BCUT2D eigenvalue weighted by molar-refractivity contribution is 0.0857. The predicted molar refractivity (Wildman–Crippen MR) is 105 cm³/mol. The van der Waals surface area contributed by atoms with Gasteiger partial charge in [0.1, 0.15) is 12.1 Å². The molecule has 0 bridgehead atoms. The van der Waals surface area contributed by atoms with E-state index >= 15 is 0 Å². The van der Waals surface area contributed by atoms with Gasteiger partial charge in [0.2, 0.25) is 5.88 Å². The van der Waals surface area contributed by atoms with Crippen molar-refractivity contribution in [2.45, 2.75) is 18.9 Å². The van der Waals surface area contributed by atoms with Crippen LogP contribution in [-0.4, -0.2) is 35.1 Å². The monoisotopic (exact) mass is 375 g/mol. The van der Waals surface area contributed by atoms with Crippen LogP contribution in [0.3, 0.4) is 0 Å². The summed E-state index contributed by atoms with van der Waals surface area (Å²) in [5, 5.41) is 2.92. The number of rotatable bonds is 6. The van der Waals surface area contributed by atoms with Gasteiger partial charge in [-0.05, 0) is 31.0 Å². The smallest absolute Gasteiger partial charge is 0.251 e. The number of carbonyl (C=O) groups excluding carboxylic acids is 1. The van der Waals surface area contributed by atoms with Crippen LogP contribution >= 0.6 is 0 Å². The summed E-state index contributed by atoms with van der Waals surface area (Å²) in [6, 6.07) is 18.6. The average molecular weight is 375 g/mol. The molecule has 1 aromatic heterocycles. The lowest BCUT2D eigenvalue weighted by atomic mass is 10.1. The Morgan fingerprint density at radius 1 is 1.11 bits per heavy atom. The fourth-order valence-electron chi connectivity index (χ4n) is 3.10. The second-order valence-electron chi connectivity index (χ2n) is 6.58. The van der Waals surface area contributed by atoms with Gasteiger partial charge in [0.15, 0.2) is 0 Å². The number of aromatic nitrogens is 2. The average Bonchev–Trinajstić information content (AvgIpc) is 3.27. The number of ether oxygens (including phenoxy) is 2. The molecule has 1 saturated heterocycles. The highest BCUT2D eigenvalue weighted by molar-refractivity contribution is 5.94. The summed E-state index contributed by atoms with van der Waals surface area (Å²) in [7, 11) is 0. The fraction of sp³-hybridized carbons (Fsp3) is 0.227. The van der Waals surface area contributed by atoms with E-state index in [9.17, 15) is 4.79 Å². The quantitative estimate of drug-likeness (QED) is 0.708. The zero-order valence-corrected chi connectivity index (χ0v) is 15.4. The molecule has 1 N–H and O–H groups in total. The molecule has 1 aliphatic heterocycles. The van der Waals surface area contributed by atoms with Crippen LogP contribution in [0.1, 0.15) is 23.2 Å². The van der Waals surface area contributed by atoms with Gasteiger partial charge in [-0.2, -0.15) is 0 Å². The summed E-state index contributed by atoms with van der Waals surface area (Å²) in [5.74, 6) is 0.821. The highest BCUT2D eigenvalue weighted by Gasteiger charge is 2.17. The summed E-state index contributed by atoms with van der Waals surface area (Å²) in [4.78, 5) is 20.9. The zero-order valence-electron chi connectivity index (χ0n) is 15.4. The van der Waals surface area contributed by atoms with Gasteiger partial charge in [0.25, 0.3) is 5.91 Å². The van der Waals surface area contributed by atoms with Gasteiger partial charge in [0, 0.05) is 30.3 Å². The van der Waals surface area contributed by atoms with Crippen molar-refractivity contribution in [1.29, 1.82) is 0 Å². The first-order valence-corrected chi connectivity index (χ1v) is 9.33. The SMILES string of the molecule is O=C(NCC1CCCO1)c1cccc(Oc2cc(-c3ccccc3)ncn2)c1. The minimum Gasteiger partial charge on any atom is -0.439 e. The van der Waals surface area contributed by atoms with Gasteiger partial charge < -0.3 is 14.8 Å². The van der Waals surface area contributed by atoms with E-state index in [1.165, 1.54) is 6.33 Å². The van der Waals surface area contributed by atoms with Crippen molar-refractivity contribution in [2.75, 3.05) is 13.2 Å². The lowest BCUT2D eigenvalue weighted by Crippen LogP contribution is -2.31. The first-order chi connectivity index (χ1) is 13.8. The molecule has 6 heteroatoms. The molecule has 0 aliphatic carbocycles. The molecule has 6 nitrogen and oxygen atoms in total. The third-order valence-electron chi connectivity index (χ3n) is 4.54. The summed E-state index contributed by atoms with van der Waals surface area (Å²) in [5.41, 5.74) is 2.29. The minimum absolute atomic E-state index is 0.112. The Morgan fingerprint density at radius 3 is 2.82 bits per heavy atom. The second kappa shape index (κ2) is 8.63. The Hall–Kier alpha value is -3.25. The molecule has 1 atom stereocenters. The number of nitrogens with zero attached hydrogens (tertiary/aromatic N) is 2. The molecule has 0 radical (unpaired) electrons. The number of benzene rings is 2. The highest BCUT2D eigenvalue weighted by Crippen LogP contribution is 2.24. The van der Waals surface area contributed by atoms with Crippen LogP contribution in [-0.2, 0) is 4.74 Å². The van der Waals surface area contributed by atoms with E-state index in [1.54, 1.807) is 30.3 Å². The highest BCUT2D eigenvalue weighted by atomic mass is 16.5.